The Hall–Kier alpha value is -2.25. The van der Waals surface area contributed by atoms with Gasteiger partial charge >= 0.3 is 0 Å². The largest absolute Gasteiger partial charge is 0.302 e. The van der Waals surface area contributed by atoms with E-state index in [0.717, 1.165) is 10.6 Å². The molecule has 0 N–H and O–H groups in total. The number of thiazole rings is 1. The minimum atomic E-state index is -0.0708. The zero-order valence-corrected chi connectivity index (χ0v) is 15.4. The van der Waals surface area contributed by atoms with Gasteiger partial charge in [-0.25, -0.2) is 4.98 Å². The maximum atomic E-state index is 13.2. The van der Waals surface area contributed by atoms with Crippen LogP contribution in [0.4, 0.5) is 5.69 Å². The molecule has 1 aliphatic rings. The van der Waals surface area contributed by atoms with Gasteiger partial charge in [0.1, 0.15) is 16.4 Å². The zero-order valence-electron chi connectivity index (χ0n) is 13.8. The molecular formula is C18H16N4OS2. The normalized spacial score (nSPS) is 19.5. The molecule has 0 radical (unpaired) electrons. The smallest absolute Gasteiger partial charge is 0.278 e. The highest BCUT2D eigenvalue weighted by Gasteiger charge is 2.34. The molecule has 3 aromatic rings. The first kappa shape index (κ1) is 16.2. The number of anilines is 1. The number of fused-ring (bicyclic) bond motifs is 1. The molecule has 0 saturated heterocycles. The summed E-state index contributed by atoms with van der Waals surface area (Å²) in [6, 6.07) is 8.13. The van der Waals surface area contributed by atoms with Crippen LogP contribution in [0, 0.1) is 0 Å². The summed E-state index contributed by atoms with van der Waals surface area (Å²) in [5.41, 5.74) is 2.09. The average molecular weight is 368 g/mol. The highest BCUT2D eigenvalue weighted by molar-refractivity contribution is 8.00. The van der Waals surface area contributed by atoms with E-state index in [1.807, 2.05) is 34.9 Å². The Morgan fingerprint density at radius 3 is 2.84 bits per heavy atom. The van der Waals surface area contributed by atoms with Crippen LogP contribution in [0.5, 0.6) is 0 Å². The average Bonchev–Trinajstić information content (AvgIpc) is 3.13. The molecule has 1 aromatic carbocycles. The zero-order chi connectivity index (χ0) is 17.4. The van der Waals surface area contributed by atoms with Gasteiger partial charge in [-0.2, -0.15) is 0 Å². The first-order valence-electron chi connectivity index (χ1n) is 7.96. The van der Waals surface area contributed by atoms with Crippen LogP contribution in [-0.2, 0) is 0 Å². The summed E-state index contributed by atoms with van der Waals surface area (Å²) < 4.78 is 0. The third kappa shape index (κ3) is 2.94. The van der Waals surface area contributed by atoms with Crippen molar-refractivity contribution in [3.63, 3.8) is 0 Å². The van der Waals surface area contributed by atoms with Crippen LogP contribution in [0.3, 0.4) is 0 Å². The summed E-state index contributed by atoms with van der Waals surface area (Å²) in [6.07, 6.45) is 4.90. The van der Waals surface area contributed by atoms with E-state index < -0.39 is 0 Å². The first-order valence-corrected chi connectivity index (χ1v) is 9.72. The van der Waals surface area contributed by atoms with Crippen LogP contribution in [0.1, 0.15) is 24.3 Å². The number of aromatic nitrogens is 3. The van der Waals surface area contributed by atoms with E-state index in [9.17, 15) is 4.79 Å². The number of rotatable bonds is 2. The molecule has 0 unspecified atom stereocenters. The number of carbonyl (C=O) groups is 1. The summed E-state index contributed by atoms with van der Waals surface area (Å²) in [6.45, 7) is 4.24. The molecule has 0 bridgehead atoms. The van der Waals surface area contributed by atoms with E-state index >= 15 is 0 Å². The molecule has 4 rings (SSSR count). The summed E-state index contributed by atoms with van der Waals surface area (Å²) in [5.74, 6) is -0.0708. The third-order valence-electron chi connectivity index (χ3n) is 4.25. The van der Waals surface area contributed by atoms with E-state index in [-0.39, 0.29) is 11.9 Å². The lowest BCUT2D eigenvalue weighted by Crippen LogP contribution is -2.46. The van der Waals surface area contributed by atoms with Crippen molar-refractivity contribution in [3.8, 4) is 10.7 Å². The van der Waals surface area contributed by atoms with Gasteiger partial charge in [0.2, 0.25) is 0 Å². The summed E-state index contributed by atoms with van der Waals surface area (Å²) >= 11 is 3.22. The van der Waals surface area contributed by atoms with Gasteiger partial charge in [-0.3, -0.25) is 14.8 Å². The van der Waals surface area contributed by atoms with Crippen molar-refractivity contribution in [1.29, 1.82) is 0 Å². The van der Waals surface area contributed by atoms with E-state index in [2.05, 4.69) is 34.9 Å². The number of hydrogen-bond acceptors (Lipinski definition) is 6. The molecule has 25 heavy (non-hydrogen) atoms. The maximum Gasteiger partial charge on any atom is 0.278 e. The molecule has 3 heterocycles. The Labute approximate surface area is 154 Å². The van der Waals surface area contributed by atoms with Gasteiger partial charge in [-0.1, -0.05) is 19.1 Å². The molecule has 1 amide bonds. The van der Waals surface area contributed by atoms with Crippen LogP contribution >= 0.6 is 23.1 Å². The molecular weight excluding hydrogens is 352 g/mol. The molecule has 7 heteroatoms. The Kier molecular flexibility index (Phi) is 4.27. The molecule has 0 fully saturated rings. The van der Waals surface area contributed by atoms with Crippen molar-refractivity contribution >= 4 is 34.7 Å². The number of amides is 1. The molecule has 2 aromatic heterocycles. The fourth-order valence-corrected chi connectivity index (χ4v) is 4.72. The number of hydrogen-bond donors (Lipinski definition) is 0. The predicted octanol–water partition coefficient (Wildman–Crippen LogP) is 4.13. The van der Waals surface area contributed by atoms with Gasteiger partial charge in [0, 0.05) is 34.0 Å². The fraction of sp³-hybridized carbons (Fsp3) is 0.222. The summed E-state index contributed by atoms with van der Waals surface area (Å²) in [7, 11) is 0. The van der Waals surface area contributed by atoms with Crippen molar-refractivity contribution < 1.29 is 4.79 Å². The van der Waals surface area contributed by atoms with E-state index in [0.29, 0.717) is 21.6 Å². The number of para-hydroxylation sites is 1. The molecule has 0 aliphatic carbocycles. The summed E-state index contributed by atoms with van der Waals surface area (Å²) in [5, 5.41) is 2.82. The van der Waals surface area contributed by atoms with Gasteiger partial charge in [0.25, 0.3) is 5.91 Å². The lowest BCUT2D eigenvalue weighted by Gasteiger charge is -2.38. The van der Waals surface area contributed by atoms with Crippen molar-refractivity contribution in [2.45, 2.75) is 30.0 Å². The molecule has 126 valence electrons. The number of benzene rings is 1. The standard InChI is InChI=1S/C18H16N4OS2/c1-11-12(2)25-16-6-4-3-5-15(16)22(11)18(23)14-10-24-17(21-14)13-9-19-7-8-20-13/h3-12H,1-2H3/t11-,12+/m0/s1. The van der Waals surface area contributed by atoms with Crippen molar-refractivity contribution in [2.75, 3.05) is 4.90 Å². The monoisotopic (exact) mass is 368 g/mol. The van der Waals surface area contributed by atoms with Gasteiger partial charge in [0.05, 0.1) is 11.9 Å². The predicted molar refractivity (Wildman–Crippen MR) is 101 cm³/mol. The second-order valence-electron chi connectivity index (χ2n) is 5.84. The Morgan fingerprint density at radius 1 is 1.20 bits per heavy atom. The molecule has 1 aliphatic heterocycles. The van der Waals surface area contributed by atoms with Gasteiger partial charge in [-0.05, 0) is 19.1 Å². The van der Waals surface area contributed by atoms with E-state index in [1.54, 1.807) is 24.0 Å². The van der Waals surface area contributed by atoms with Crippen molar-refractivity contribution in [2.24, 2.45) is 0 Å². The minimum absolute atomic E-state index is 0.0708. The highest BCUT2D eigenvalue weighted by Crippen LogP contribution is 2.42. The van der Waals surface area contributed by atoms with Gasteiger partial charge in [-0.15, -0.1) is 23.1 Å². The fourth-order valence-electron chi connectivity index (χ4n) is 2.80. The van der Waals surface area contributed by atoms with Crippen LogP contribution in [0.25, 0.3) is 10.7 Å². The third-order valence-corrected chi connectivity index (χ3v) is 6.48. The van der Waals surface area contributed by atoms with Gasteiger partial charge < -0.3 is 4.90 Å². The minimum Gasteiger partial charge on any atom is -0.302 e. The van der Waals surface area contributed by atoms with Crippen LogP contribution < -0.4 is 4.90 Å². The van der Waals surface area contributed by atoms with Crippen LogP contribution in [0.2, 0.25) is 0 Å². The Bertz CT molecular complexity index is 912. The topological polar surface area (TPSA) is 59.0 Å². The van der Waals surface area contributed by atoms with Crippen molar-refractivity contribution in [3.05, 3.63) is 53.9 Å². The second kappa shape index (κ2) is 6.57. The number of carbonyl (C=O) groups excluding carboxylic acids is 1. The SMILES string of the molecule is C[C@H]1Sc2ccccc2N(C(=O)c2csc(-c3cnccn3)n2)[C@H]1C. The number of nitrogens with zero attached hydrogens (tertiary/aromatic N) is 4. The van der Waals surface area contributed by atoms with Gasteiger partial charge in [0.15, 0.2) is 0 Å². The highest BCUT2D eigenvalue weighted by atomic mass is 32.2. The molecule has 2 atom stereocenters. The maximum absolute atomic E-state index is 13.2. The summed E-state index contributed by atoms with van der Waals surface area (Å²) in [4.78, 5) is 29.0. The first-order chi connectivity index (χ1) is 12.1. The molecule has 0 saturated carbocycles. The molecule has 0 spiro atoms. The number of thioether (sulfide) groups is 1. The lowest BCUT2D eigenvalue weighted by atomic mass is 10.1. The Balaban J connectivity index is 1.70. The quantitative estimate of drug-likeness (QED) is 0.681. The van der Waals surface area contributed by atoms with E-state index in [1.165, 1.54) is 11.3 Å². The van der Waals surface area contributed by atoms with Crippen molar-refractivity contribution in [1.82, 2.24) is 15.0 Å². The van der Waals surface area contributed by atoms with Crippen LogP contribution in [-0.4, -0.2) is 32.2 Å². The Morgan fingerprint density at radius 2 is 2.04 bits per heavy atom. The molecule has 5 nitrogen and oxygen atoms in total. The second-order valence-corrected chi connectivity index (χ2v) is 8.11. The van der Waals surface area contributed by atoms with E-state index in [4.69, 9.17) is 0 Å². The lowest BCUT2D eigenvalue weighted by molar-refractivity contribution is 0.0973. The van der Waals surface area contributed by atoms with Crippen LogP contribution in [0.15, 0.2) is 53.1 Å².